The molecule has 1 heterocycles. The maximum Gasteiger partial charge on any atom is 0.258 e. The van der Waals surface area contributed by atoms with Gasteiger partial charge in [-0.25, -0.2) is 0 Å². The third-order valence-electron chi connectivity index (χ3n) is 7.24. The number of hydrogen-bond donors (Lipinski definition) is 1. The molecule has 39 heavy (non-hydrogen) atoms. The molecule has 1 aliphatic rings. The molecule has 0 unspecified atom stereocenters. The maximum atomic E-state index is 13.8. The number of carbonyl (C=O) groups is 3. The third-order valence-corrected chi connectivity index (χ3v) is 7.61. The molecular weight excluding hydrogens is 510 g/mol. The van der Waals surface area contributed by atoms with Gasteiger partial charge < -0.3 is 15.1 Å². The fraction of sp³-hybridized carbons (Fsp3) is 0.219. The van der Waals surface area contributed by atoms with Crippen molar-refractivity contribution < 1.29 is 14.4 Å². The van der Waals surface area contributed by atoms with E-state index in [0.717, 1.165) is 27.6 Å². The van der Waals surface area contributed by atoms with Gasteiger partial charge in [0.05, 0.1) is 5.69 Å². The highest BCUT2D eigenvalue weighted by Gasteiger charge is 2.32. The highest BCUT2D eigenvalue weighted by Crippen LogP contribution is 2.37. The van der Waals surface area contributed by atoms with Crippen LogP contribution in [0.15, 0.2) is 91.0 Å². The molecule has 1 aliphatic heterocycles. The van der Waals surface area contributed by atoms with Gasteiger partial charge in [0.25, 0.3) is 5.91 Å². The van der Waals surface area contributed by atoms with Crippen LogP contribution in [0.4, 0.5) is 5.69 Å². The van der Waals surface area contributed by atoms with Gasteiger partial charge in [-0.05, 0) is 41.1 Å². The molecule has 0 aliphatic carbocycles. The van der Waals surface area contributed by atoms with E-state index in [2.05, 4.69) is 5.32 Å². The molecule has 5 rings (SSSR count). The van der Waals surface area contributed by atoms with Crippen LogP contribution in [0.5, 0.6) is 0 Å². The summed E-state index contributed by atoms with van der Waals surface area (Å²) in [5.41, 5.74) is 3.29. The van der Waals surface area contributed by atoms with E-state index < -0.39 is 6.04 Å². The van der Waals surface area contributed by atoms with E-state index in [9.17, 15) is 14.4 Å². The summed E-state index contributed by atoms with van der Waals surface area (Å²) in [5.74, 6) is -0.451. The summed E-state index contributed by atoms with van der Waals surface area (Å²) in [6.07, 6.45) is 1.02. The molecule has 0 spiro atoms. The molecule has 0 aromatic heterocycles. The minimum absolute atomic E-state index is 0.0468. The zero-order chi connectivity index (χ0) is 27.4. The zero-order valence-electron chi connectivity index (χ0n) is 21.8. The van der Waals surface area contributed by atoms with Gasteiger partial charge in [-0.3, -0.25) is 14.4 Å². The van der Waals surface area contributed by atoms with Crippen molar-refractivity contribution in [1.29, 1.82) is 0 Å². The molecule has 3 amide bonds. The van der Waals surface area contributed by atoms with Gasteiger partial charge in [0.2, 0.25) is 11.8 Å². The Hall–Kier alpha value is -4.16. The number of nitrogens with one attached hydrogen (secondary N) is 1. The van der Waals surface area contributed by atoms with Gasteiger partial charge in [-0.1, -0.05) is 84.4 Å². The zero-order valence-corrected chi connectivity index (χ0v) is 22.5. The number of halogens is 1. The number of carbonyl (C=O) groups excluding carboxylic acids is 3. The molecular formula is C32H30ClN3O3. The largest absolute Gasteiger partial charge is 0.357 e. The standard InChI is InChI=1S/C32H30ClN3O3/c1-34-31(38)28(20-22-10-3-2-4-11-22)36(21-24-12-5-6-16-26(24)33)29(37)18-9-19-35-27-17-8-14-23-13-7-15-25(30(23)27)32(35)39/h2-8,10-17,28H,9,18-21H2,1H3,(H,34,38)/t28-/m1/s1. The molecule has 1 atom stereocenters. The lowest BCUT2D eigenvalue weighted by Crippen LogP contribution is -2.49. The Balaban J connectivity index is 1.36. The second-order valence-corrected chi connectivity index (χ2v) is 10.1. The molecule has 6 nitrogen and oxygen atoms in total. The van der Waals surface area contributed by atoms with Gasteiger partial charge >= 0.3 is 0 Å². The lowest BCUT2D eigenvalue weighted by atomic mass is 10.0. The normalized spacial score (nSPS) is 13.0. The molecule has 0 bridgehead atoms. The molecule has 0 saturated heterocycles. The Bertz CT molecular complexity index is 1520. The van der Waals surface area contributed by atoms with Crippen LogP contribution in [0, 0.1) is 0 Å². The van der Waals surface area contributed by atoms with E-state index in [-0.39, 0.29) is 30.7 Å². The van der Waals surface area contributed by atoms with Crippen molar-refractivity contribution >= 4 is 45.8 Å². The SMILES string of the molecule is CNC(=O)[C@@H](Cc1ccccc1)N(Cc1ccccc1Cl)C(=O)CCCN1C(=O)c2cccc3cccc1c23. The van der Waals surface area contributed by atoms with Crippen LogP contribution in [0.2, 0.25) is 5.02 Å². The van der Waals surface area contributed by atoms with Crippen LogP contribution >= 0.6 is 11.6 Å². The average molecular weight is 540 g/mol. The second kappa shape index (κ2) is 11.7. The van der Waals surface area contributed by atoms with E-state index in [0.29, 0.717) is 30.0 Å². The minimum Gasteiger partial charge on any atom is -0.357 e. The van der Waals surface area contributed by atoms with E-state index >= 15 is 0 Å². The summed E-state index contributed by atoms with van der Waals surface area (Å²) in [4.78, 5) is 43.4. The number of nitrogens with zero attached hydrogens (tertiary/aromatic N) is 2. The summed E-state index contributed by atoms with van der Waals surface area (Å²) < 4.78 is 0. The smallest absolute Gasteiger partial charge is 0.258 e. The summed E-state index contributed by atoms with van der Waals surface area (Å²) in [6, 6.07) is 27.9. The fourth-order valence-corrected chi connectivity index (χ4v) is 5.46. The lowest BCUT2D eigenvalue weighted by Gasteiger charge is -2.31. The van der Waals surface area contributed by atoms with Crippen molar-refractivity contribution in [2.75, 3.05) is 18.5 Å². The first-order valence-corrected chi connectivity index (χ1v) is 13.5. The maximum absolute atomic E-state index is 13.8. The first kappa shape index (κ1) is 26.4. The Morgan fingerprint density at radius 1 is 0.923 bits per heavy atom. The van der Waals surface area contributed by atoms with Crippen LogP contribution in [-0.4, -0.2) is 42.3 Å². The van der Waals surface area contributed by atoms with Gasteiger partial charge in [-0.2, -0.15) is 0 Å². The first-order valence-electron chi connectivity index (χ1n) is 13.1. The van der Waals surface area contributed by atoms with Crippen LogP contribution < -0.4 is 10.2 Å². The molecule has 198 valence electrons. The van der Waals surface area contributed by atoms with Gasteiger partial charge in [0, 0.05) is 49.0 Å². The number of anilines is 1. The summed E-state index contributed by atoms with van der Waals surface area (Å²) in [6.45, 7) is 0.610. The Morgan fingerprint density at radius 2 is 1.64 bits per heavy atom. The predicted octanol–water partition coefficient (Wildman–Crippen LogP) is 5.62. The number of benzene rings is 4. The van der Waals surface area contributed by atoms with E-state index in [1.54, 1.807) is 22.9 Å². The predicted molar refractivity (Wildman–Crippen MR) is 155 cm³/mol. The number of amides is 3. The van der Waals surface area contributed by atoms with Gasteiger partial charge in [0.15, 0.2) is 0 Å². The van der Waals surface area contributed by atoms with Crippen LogP contribution in [-0.2, 0) is 22.6 Å². The average Bonchev–Trinajstić information content (AvgIpc) is 3.24. The van der Waals surface area contributed by atoms with E-state index in [4.69, 9.17) is 11.6 Å². The highest BCUT2D eigenvalue weighted by molar-refractivity contribution is 6.31. The molecule has 0 fully saturated rings. The molecule has 7 heteroatoms. The molecule has 4 aromatic rings. The van der Waals surface area contributed by atoms with Crippen LogP contribution in [0.25, 0.3) is 10.8 Å². The van der Waals surface area contributed by atoms with Crippen LogP contribution in [0.3, 0.4) is 0 Å². The van der Waals surface area contributed by atoms with Gasteiger partial charge in [-0.15, -0.1) is 0 Å². The topological polar surface area (TPSA) is 69.7 Å². The second-order valence-electron chi connectivity index (χ2n) is 9.67. The minimum atomic E-state index is -0.715. The van der Waals surface area contributed by atoms with Crippen molar-refractivity contribution in [3.63, 3.8) is 0 Å². The summed E-state index contributed by atoms with van der Waals surface area (Å²) >= 11 is 6.46. The van der Waals surface area contributed by atoms with Crippen molar-refractivity contribution in [2.45, 2.75) is 31.8 Å². The summed E-state index contributed by atoms with van der Waals surface area (Å²) in [7, 11) is 1.58. The fourth-order valence-electron chi connectivity index (χ4n) is 5.26. The monoisotopic (exact) mass is 539 g/mol. The van der Waals surface area contributed by atoms with Crippen molar-refractivity contribution in [3.8, 4) is 0 Å². The highest BCUT2D eigenvalue weighted by atomic mass is 35.5. The first-order chi connectivity index (χ1) is 19.0. The van der Waals surface area contributed by atoms with Crippen molar-refractivity contribution in [3.05, 3.63) is 113 Å². The third kappa shape index (κ3) is 5.52. The Kier molecular flexibility index (Phi) is 7.94. The summed E-state index contributed by atoms with van der Waals surface area (Å²) in [5, 5.41) is 5.25. The van der Waals surface area contributed by atoms with Crippen molar-refractivity contribution in [1.82, 2.24) is 10.2 Å². The van der Waals surface area contributed by atoms with E-state index in [1.807, 2.05) is 84.9 Å². The number of likely N-dealkylation sites (N-methyl/N-ethyl adjacent to an activating group) is 1. The Labute approximate surface area is 233 Å². The quantitative estimate of drug-likeness (QED) is 0.284. The van der Waals surface area contributed by atoms with Crippen molar-refractivity contribution in [2.24, 2.45) is 0 Å². The van der Waals surface area contributed by atoms with Gasteiger partial charge in [0.1, 0.15) is 6.04 Å². The number of rotatable bonds is 10. The Morgan fingerprint density at radius 3 is 2.38 bits per heavy atom. The molecule has 1 N–H and O–H groups in total. The molecule has 0 saturated carbocycles. The van der Waals surface area contributed by atoms with E-state index in [1.165, 1.54) is 0 Å². The molecule has 0 radical (unpaired) electrons. The number of hydrogen-bond acceptors (Lipinski definition) is 3. The lowest BCUT2D eigenvalue weighted by molar-refractivity contribution is -0.141. The van der Waals surface area contributed by atoms with Crippen LogP contribution in [0.1, 0.15) is 34.3 Å². The molecule has 4 aromatic carbocycles.